The third kappa shape index (κ3) is 2.14. The monoisotopic (exact) mass is 261 g/mol. The van der Waals surface area contributed by atoms with Crippen LogP contribution in [0.5, 0.6) is 0 Å². The summed E-state index contributed by atoms with van der Waals surface area (Å²) in [6.45, 7) is 6.22. The lowest BCUT2D eigenvalue weighted by molar-refractivity contribution is 1.02. The highest BCUT2D eigenvalue weighted by molar-refractivity contribution is 5.62. The Kier molecular flexibility index (Phi) is 3.17. The lowest BCUT2D eigenvalue weighted by Gasteiger charge is -2.01. The first-order chi connectivity index (χ1) is 9.77. The number of pyridine rings is 1. The Bertz CT molecular complexity index is 818. The van der Waals surface area contributed by atoms with E-state index in [2.05, 4.69) is 23.5 Å². The smallest absolute Gasteiger partial charge is 0.100 e. The molecule has 0 spiro atoms. The minimum atomic E-state index is 0.894. The predicted octanol–water partition coefficient (Wildman–Crippen LogP) is 1.90. The van der Waals surface area contributed by atoms with Gasteiger partial charge in [0.15, 0.2) is 0 Å². The molecule has 0 bridgehead atoms. The van der Waals surface area contributed by atoms with Crippen molar-refractivity contribution in [2.45, 2.75) is 6.92 Å². The average Bonchev–Trinajstić information content (AvgIpc) is 2.90. The van der Waals surface area contributed by atoms with E-state index in [0.717, 1.165) is 27.5 Å². The van der Waals surface area contributed by atoms with Crippen LogP contribution in [0.4, 0.5) is 0 Å². The number of aromatic nitrogens is 3. The van der Waals surface area contributed by atoms with E-state index in [1.807, 2.05) is 53.4 Å². The molecule has 0 atom stereocenters. The van der Waals surface area contributed by atoms with Gasteiger partial charge in [-0.25, -0.2) is 4.98 Å². The molecule has 0 unspecified atom stereocenters. The Hall–Kier alpha value is -2.68. The van der Waals surface area contributed by atoms with Crippen LogP contribution < -0.4 is 10.7 Å². The largest absolute Gasteiger partial charge is 0.299 e. The molecule has 98 valence electrons. The molecular formula is C17H15N3. The molecule has 0 saturated carbocycles. The van der Waals surface area contributed by atoms with Crippen molar-refractivity contribution in [3.05, 3.63) is 77.4 Å². The highest BCUT2D eigenvalue weighted by Crippen LogP contribution is 2.07. The second kappa shape index (κ2) is 5.13. The van der Waals surface area contributed by atoms with Crippen molar-refractivity contribution in [2.75, 3.05) is 0 Å². The number of benzene rings is 1. The van der Waals surface area contributed by atoms with Crippen LogP contribution in [0.25, 0.3) is 17.8 Å². The van der Waals surface area contributed by atoms with Crippen LogP contribution in [0.15, 0.2) is 61.2 Å². The van der Waals surface area contributed by atoms with Gasteiger partial charge in [0.1, 0.15) is 6.33 Å². The van der Waals surface area contributed by atoms with E-state index in [0.29, 0.717) is 0 Å². The van der Waals surface area contributed by atoms with Crippen molar-refractivity contribution in [3.63, 3.8) is 0 Å². The summed E-state index contributed by atoms with van der Waals surface area (Å²) in [5.74, 6) is 0. The predicted molar refractivity (Wildman–Crippen MR) is 80.8 cm³/mol. The molecule has 2 heterocycles. The number of para-hydroxylation sites is 1. The summed E-state index contributed by atoms with van der Waals surface area (Å²) < 4.78 is 2.00. The van der Waals surface area contributed by atoms with Crippen LogP contribution in [-0.2, 0) is 0 Å². The Morgan fingerprint density at radius 1 is 1.05 bits per heavy atom. The lowest BCUT2D eigenvalue weighted by Crippen LogP contribution is -2.29. The van der Waals surface area contributed by atoms with Crippen LogP contribution in [0, 0.1) is 0 Å². The molecule has 20 heavy (non-hydrogen) atoms. The van der Waals surface area contributed by atoms with Crippen molar-refractivity contribution >= 4 is 12.2 Å². The fourth-order valence-corrected chi connectivity index (χ4v) is 2.24. The van der Waals surface area contributed by atoms with Gasteiger partial charge in [0.2, 0.25) is 0 Å². The van der Waals surface area contributed by atoms with Gasteiger partial charge in [0, 0.05) is 18.1 Å². The zero-order valence-corrected chi connectivity index (χ0v) is 11.3. The molecule has 3 rings (SSSR count). The van der Waals surface area contributed by atoms with Crippen molar-refractivity contribution < 1.29 is 0 Å². The van der Waals surface area contributed by atoms with Crippen LogP contribution in [0.3, 0.4) is 0 Å². The number of hydrogen-bond acceptors (Lipinski definition) is 2. The molecule has 0 aliphatic rings. The molecule has 1 aromatic carbocycles. The van der Waals surface area contributed by atoms with Crippen LogP contribution >= 0.6 is 0 Å². The van der Waals surface area contributed by atoms with E-state index >= 15 is 0 Å². The summed E-state index contributed by atoms with van der Waals surface area (Å²) >= 11 is 0. The minimum Gasteiger partial charge on any atom is -0.299 e. The van der Waals surface area contributed by atoms with E-state index in [9.17, 15) is 0 Å². The van der Waals surface area contributed by atoms with Gasteiger partial charge in [-0.2, -0.15) is 0 Å². The number of imidazole rings is 1. The molecule has 0 fully saturated rings. The number of nitrogens with zero attached hydrogens (tertiary/aromatic N) is 3. The van der Waals surface area contributed by atoms with Crippen molar-refractivity contribution in [2.24, 2.45) is 0 Å². The van der Waals surface area contributed by atoms with Gasteiger partial charge < -0.3 is 0 Å². The standard InChI is InChI=1S/C17H15N3/c1-13(15-8-10-18-11-9-15)17-14(2)20(12-19-17)16-6-4-3-5-7-16/h3-12H,2H2,1H3/b17-13-. The second-order valence-corrected chi connectivity index (χ2v) is 4.61. The van der Waals surface area contributed by atoms with Crippen molar-refractivity contribution in [3.8, 4) is 5.69 Å². The van der Waals surface area contributed by atoms with Gasteiger partial charge in [-0.3, -0.25) is 9.55 Å². The Morgan fingerprint density at radius 3 is 2.45 bits per heavy atom. The lowest BCUT2D eigenvalue weighted by atomic mass is 10.1. The maximum Gasteiger partial charge on any atom is 0.100 e. The second-order valence-electron chi connectivity index (χ2n) is 4.61. The van der Waals surface area contributed by atoms with E-state index in [1.54, 1.807) is 12.4 Å². The van der Waals surface area contributed by atoms with Gasteiger partial charge >= 0.3 is 0 Å². The fourth-order valence-electron chi connectivity index (χ4n) is 2.24. The van der Waals surface area contributed by atoms with E-state index in [4.69, 9.17) is 0 Å². The first kappa shape index (κ1) is 12.4. The van der Waals surface area contributed by atoms with Gasteiger partial charge in [-0.05, 0) is 42.3 Å². The van der Waals surface area contributed by atoms with Crippen molar-refractivity contribution in [1.82, 2.24) is 14.5 Å². The highest BCUT2D eigenvalue weighted by Gasteiger charge is 2.03. The van der Waals surface area contributed by atoms with Crippen LogP contribution in [0.2, 0.25) is 0 Å². The molecular weight excluding hydrogens is 246 g/mol. The fraction of sp³-hybridized carbons (Fsp3) is 0.0588. The summed E-state index contributed by atoms with van der Waals surface area (Å²) in [5.41, 5.74) is 3.29. The van der Waals surface area contributed by atoms with Crippen LogP contribution in [-0.4, -0.2) is 14.5 Å². The normalized spacial score (nSPS) is 12.2. The average molecular weight is 261 g/mol. The zero-order chi connectivity index (χ0) is 13.9. The minimum absolute atomic E-state index is 0.894. The molecule has 0 radical (unpaired) electrons. The Labute approximate surface area is 117 Å². The number of hydrogen-bond donors (Lipinski definition) is 0. The van der Waals surface area contributed by atoms with E-state index < -0.39 is 0 Å². The summed E-state index contributed by atoms with van der Waals surface area (Å²) in [6, 6.07) is 14.1. The van der Waals surface area contributed by atoms with Gasteiger partial charge in [-0.15, -0.1) is 0 Å². The summed E-state index contributed by atoms with van der Waals surface area (Å²) in [4.78, 5) is 8.55. The molecule has 3 aromatic rings. The Morgan fingerprint density at radius 2 is 1.75 bits per heavy atom. The molecule has 2 aromatic heterocycles. The molecule has 0 saturated heterocycles. The molecule has 3 nitrogen and oxygen atoms in total. The van der Waals surface area contributed by atoms with Crippen molar-refractivity contribution in [1.29, 1.82) is 0 Å². The maximum absolute atomic E-state index is 4.51. The SMILES string of the molecule is C=c1/c(=C(\C)c2ccncc2)ncn1-c1ccccc1. The van der Waals surface area contributed by atoms with Crippen LogP contribution in [0.1, 0.15) is 12.5 Å². The van der Waals surface area contributed by atoms with Gasteiger partial charge in [0.25, 0.3) is 0 Å². The van der Waals surface area contributed by atoms with E-state index in [1.165, 1.54) is 0 Å². The molecule has 0 amide bonds. The first-order valence-electron chi connectivity index (χ1n) is 6.46. The van der Waals surface area contributed by atoms with E-state index in [-0.39, 0.29) is 0 Å². The molecule has 3 heteroatoms. The van der Waals surface area contributed by atoms with Gasteiger partial charge in [-0.1, -0.05) is 24.8 Å². The summed E-state index contributed by atoms with van der Waals surface area (Å²) in [6.07, 6.45) is 5.39. The zero-order valence-electron chi connectivity index (χ0n) is 11.3. The molecule has 0 N–H and O–H groups in total. The topological polar surface area (TPSA) is 30.7 Å². The first-order valence-corrected chi connectivity index (χ1v) is 6.46. The molecule has 0 aliphatic heterocycles. The summed E-state index contributed by atoms with van der Waals surface area (Å²) in [7, 11) is 0. The molecule has 0 aliphatic carbocycles. The highest BCUT2D eigenvalue weighted by atomic mass is 15.0. The maximum atomic E-state index is 4.51. The third-order valence-electron chi connectivity index (χ3n) is 3.37. The third-order valence-corrected chi connectivity index (χ3v) is 3.37. The number of rotatable bonds is 2. The quantitative estimate of drug-likeness (QED) is 0.705. The summed E-state index contributed by atoms with van der Waals surface area (Å²) in [5, 5.41) is 1.81. The Balaban J connectivity index is 2.19. The van der Waals surface area contributed by atoms with Gasteiger partial charge in [0.05, 0.1) is 10.7 Å².